The van der Waals surface area contributed by atoms with E-state index in [1.54, 1.807) is 103 Å². The quantitative estimate of drug-likeness (QED) is 0.0261. The summed E-state index contributed by atoms with van der Waals surface area (Å²) >= 11 is 3.48. The third kappa shape index (κ3) is 29.9. The third-order valence-corrected chi connectivity index (χ3v) is 21.4. The van der Waals surface area contributed by atoms with Crippen LogP contribution < -0.4 is 73.3 Å². The fourth-order valence-electron chi connectivity index (χ4n) is 12.8. The monoisotopic (exact) mass is 1830 g/mol. The summed E-state index contributed by atoms with van der Waals surface area (Å²) in [5, 5.41) is 0. The van der Waals surface area contributed by atoms with Gasteiger partial charge in [0.2, 0.25) is 0 Å². The fourth-order valence-corrected chi connectivity index (χ4v) is 13.4. The normalized spacial score (nSPS) is 10.6. The van der Waals surface area contributed by atoms with Gasteiger partial charge in [0.1, 0.15) is 92.4 Å². The van der Waals surface area contributed by atoms with Gasteiger partial charge in [-0.15, -0.1) is 0 Å². The molecule has 0 heterocycles. The average Bonchev–Trinajstić information content (AvgIpc) is 0.832. The van der Waals surface area contributed by atoms with Gasteiger partial charge in [-0.25, -0.2) is 22.0 Å². The molecule has 0 unspecified atom stereocenters. The van der Waals surface area contributed by atoms with Gasteiger partial charge < -0.3 is 73.3 Å². The fraction of sp³-hybridized carbons (Fsp3) is 0.208. The highest BCUT2D eigenvalue weighted by Gasteiger charge is 2.34. The number of ether oxygens (including phenoxy) is 7. The number of alkyl halides is 3. The molecule has 676 valence electrons. The highest BCUT2D eigenvalue weighted by atomic mass is 79.9. The molecule has 0 atom stereocenters. The van der Waals surface area contributed by atoms with Gasteiger partial charge in [0.05, 0.1) is 10.0 Å². The molecule has 0 amide bonds. The van der Waals surface area contributed by atoms with Crippen LogP contribution in [0.5, 0.6) is 40.2 Å². The zero-order valence-electron chi connectivity index (χ0n) is 75.0. The smallest absolute Gasteiger partial charge is 0.419 e. The van der Waals surface area contributed by atoms with Crippen LogP contribution in [0.2, 0.25) is 0 Å². The molecule has 0 bridgehead atoms. The number of hydrogen-bond donors (Lipinski definition) is 7. The predicted octanol–water partition coefficient (Wildman–Crippen LogP) is 26.7. The van der Waals surface area contributed by atoms with Gasteiger partial charge in [-0.2, -0.15) is 13.2 Å². The lowest BCUT2D eigenvalue weighted by Gasteiger charge is -2.15. The first-order valence-corrected chi connectivity index (χ1v) is 42.1. The van der Waals surface area contributed by atoms with Crippen LogP contribution in [-0.4, -0.2) is 0 Å². The van der Waals surface area contributed by atoms with Crippen LogP contribution in [0, 0.1) is 126 Å². The number of anilines is 7. The number of hydrogen-bond acceptors (Lipinski definition) is 14. The lowest BCUT2D eigenvalue weighted by atomic mass is 10.0. The van der Waals surface area contributed by atoms with Crippen LogP contribution in [0.25, 0.3) is 0 Å². The van der Waals surface area contributed by atoms with Crippen LogP contribution in [-0.2, 0) is 52.4 Å². The van der Waals surface area contributed by atoms with E-state index in [1.165, 1.54) is 23.8 Å². The van der Waals surface area contributed by atoms with Crippen molar-refractivity contribution in [3.8, 4) is 40.2 Å². The highest BCUT2D eigenvalue weighted by molar-refractivity contribution is 9.10. The second-order valence-electron chi connectivity index (χ2n) is 31.0. The van der Waals surface area contributed by atoms with Crippen molar-refractivity contribution in [1.29, 1.82) is 0 Å². The Bertz CT molecular complexity index is 6040. The molecule has 0 saturated carbocycles. The molecule has 0 radical (unpaired) electrons. The highest BCUT2D eigenvalue weighted by Crippen LogP contribution is 2.39. The number of para-hydroxylation sites is 7. The number of nitrogen functional groups attached to an aromatic ring is 7. The van der Waals surface area contributed by atoms with E-state index >= 15 is 0 Å². The van der Waals surface area contributed by atoms with Crippen molar-refractivity contribution in [2.24, 2.45) is 0 Å². The largest absolute Gasteiger partial charge is 0.488 e. The molecule has 14 nitrogen and oxygen atoms in total. The minimum atomic E-state index is -4.44. The molecule has 0 aliphatic carbocycles. The van der Waals surface area contributed by atoms with Gasteiger partial charge in [-0.05, 0) is 265 Å². The number of nitrogens with two attached hydrogens (primary N) is 7. The molecule has 14 aromatic rings. The summed E-state index contributed by atoms with van der Waals surface area (Å²) in [6.45, 7) is 27.4. The molecule has 14 aromatic carbocycles. The third-order valence-electron chi connectivity index (χ3n) is 20.8. The minimum Gasteiger partial charge on any atom is -0.488 e. The second-order valence-corrected chi connectivity index (χ2v) is 31.8. The Morgan fingerprint density at radius 2 is 0.566 bits per heavy atom. The Morgan fingerprint density at radius 1 is 0.240 bits per heavy atom. The molecule has 0 aromatic heterocycles. The lowest BCUT2D eigenvalue weighted by Crippen LogP contribution is -2.09. The zero-order chi connectivity index (χ0) is 94.3. The summed E-state index contributed by atoms with van der Waals surface area (Å²) < 4.78 is 148. The maximum absolute atomic E-state index is 14.2. The first-order chi connectivity index (χ1) is 61.3. The molecule has 0 saturated heterocycles. The Hall–Kier alpha value is -13.8. The van der Waals surface area contributed by atoms with E-state index in [1.807, 2.05) is 224 Å². The molecule has 23 heteroatoms. The van der Waals surface area contributed by atoms with Crippen molar-refractivity contribution >= 4 is 55.7 Å². The SMILES string of the molecule is Cc1cc(C)c(OCc2ccccc2N)c(F)c1.Cc1cc(C)c(OCc2ccccc2N)c(F)c1C.Cc1cc(C)c(OCc2ccccc2N)cc1F.Cc1cc(OCc2ccccc2N)c(C)c(F)c1C.Cc1ccc(OCc2ccccc2N)c(Br)c1.Cc1ccc(OCc2ccccc2N)c(C(F)(F)F)c1.Cc1ccc(OCc2ccccc2N)c(C)c1F. The van der Waals surface area contributed by atoms with Crippen LogP contribution in [0.1, 0.15) is 122 Å². The Balaban J connectivity index is 0.000000186. The zero-order valence-corrected chi connectivity index (χ0v) is 76.6. The average molecular weight is 1830 g/mol. The van der Waals surface area contributed by atoms with Crippen molar-refractivity contribution < 1.29 is 68.3 Å². The van der Waals surface area contributed by atoms with Gasteiger partial charge >= 0.3 is 6.18 Å². The molecule has 0 spiro atoms. The number of benzene rings is 14. The maximum Gasteiger partial charge on any atom is 0.419 e. The van der Waals surface area contributed by atoms with Crippen molar-refractivity contribution in [1.82, 2.24) is 0 Å². The number of halogens is 9. The summed E-state index contributed by atoms with van der Waals surface area (Å²) in [7, 11) is 0. The van der Waals surface area contributed by atoms with E-state index in [0.29, 0.717) is 134 Å². The first kappa shape index (κ1) is 101. The van der Waals surface area contributed by atoms with E-state index in [9.17, 15) is 35.1 Å². The van der Waals surface area contributed by atoms with E-state index in [0.717, 1.165) is 88.7 Å². The topological polar surface area (TPSA) is 247 Å². The van der Waals surface area contributed by atoms with Crippen molar-refractivity contribution in [3.63, 3.8) is 0 Å². The van der Waals surface area contributed by atoms with Crippen LogP contribution >= 0.6 is 15.9 Å². The van der Waals surface area contributed by atoms with Gasteiger partial charge in [-0.1, -0.05) is 163 Å². The Labute approximate surface area is 760 Å². The number of aryl methyl sites for hydroxylation is 10. The van der Waals surface area contributed by atoms with Gasteiger partial charge in [-0.3, -0.25) is 0 Å². The molecule has 0 aliphatic heterocycles. The predicted molar refractivity (Wildman–Crippen MR) is 510 cm³/mol. The van der Waals surface area contributed by atoms with E-state index in [4.69, 9.17) is 73.3 Å². The molecule has 14 N–H and O–H groups in total. The van der Waals surface area contributed by atoms with Gasteiger partial charge in [0.25, 0.3) is 0 Å². The summed E-state index contributed by atoms with van der Waals surface area (Å²) in [6, 6.07) is 75.8. The van der Waals surface area contributed by atoms with E-state index in [-0.39, 0.29) is 54.7 Å². The van der Waals surface area contributed by atoms with Crippen molar-refractivity contribution in [2.45, 2.75) is 149 Å². The second kappa shape index (κ2) is 48.2. The molecular formula is C106H112BrF8N7O7. The lowest BCUT2D eigenvalue weighted by molar-refractivity contribution is -0.139. The first-order valence-electron chi connectivity index (χ1n) is 41.3. The summed E-state index contributed by atoms with van der Waals surface area (Å²) in [5.41, 5.74) is 61.2. The molecule has 14 rings (SSSR count). The maximum atomic E-state index is 14.2. The minimum absolute atomic E-state index is 0.00118. The molecule has 0 aliphatic rings. The summed E-state index contributed by atoms with van der Waals surface area (Å²) in [5.74, 6) is 1.65. The summed E-state index contributed by atoms with van der Waals surface area (Å²) in [6.07, 6.45) is -4.44. The van der Waals surface area contributed by atoms with Gasteiger partial charge in [0, 0.05) is 95.9 Å². The van der Waals surface area contributed by atoms with Crippen molar-refractivity contribution in [3.05, 3.63) is 411 Å². The molecular weight excluding hydrogens is 1720 g/mol. The van der Waals surface area contributed by atoms with Crippen LogP contribution in [0.3, 0.4) is 0 Å². The van der Waals surface area contributed by atoms with Gasteiger partial charge in [0.15, 0.2) is 23.1 Å². The van der Waals surface area contributed by atoms with E-state index in [2.05, 4.69) is 15.9 Å². The summed E-state index contributed by atoms with van der Waals surface area (Å²) in [4.78, 5) is 0. The standard InChI is InChI=1S/2C16H18FNO.C15H14F3NO.3C15H16FNO.C14H14BrNO/c1-10-8-15(12(3)16(17)11(10)2)19-9-13-6-4-5-7-14(13)18;1-10-8-11(2)16(15(17)12(10)3)19-9-13-6-4-5-7-14(13)18;1-10-6-7-14(12(8-10)15(16,17)18)20-9-11-4-2-3-5-13(11)19;1-10-7-11(2)15(8-13(10)16)18-9-12-5-3-4-6-14(12)17;1-10-7-11(2)15(13(16)8-10)18-9-12-5-3-4-6-14(12)17;1-10-7-8-14(11(2)15(10)16)18-9-12-5-3-4-6-13(12)17;1-10-6-7-14(12(15)8-10)17-9-11-4-2-3-5-13(11)16/h2*4-8H,9,18H2,1-3H3;2-8H,9,19H2,1H3;3*3-8H,9,17H2,1-2H3;2-8H,9,16H2,1H3. The Morgan fingerprint density at radius 3 is 0.977 bits per heavy atom. The van der Waals surface area contributed by atoms with Crippen molar-refractivity contribution in [2.75, 3.05) is 40.1 Å². The molecule has 0 fully saturated rings. The van der Waals surface area contributed by atoms with Crippen LogP contribution in [0.4, 0.5) is 74.9 Å². The van der Waals surface area contributed by atoms with E-state index < -0.39 is 11.7 Å². The number of rotatable bonds is 21. The Kier molecular flexibility index (Phi) is 37.6. The molecule has 129 heavy (non-hydrogen) atoms. The van der Waals surface area contributed by atoms with Crippen LogP contribution in [0.15, 0.2) is 259 Å².